The molecule has 0 bridgehead atoms. The maximum atomic E-state index is 12.2. The van der Waals surface area contributed by atoms with Gasteiger partial charge in [-0.2, -0.15) is 11.8 Å². The van der Waals surface area contributed by atoms with Crippen molar-refractivity contribution in [1.29, 1.82) is 0 Å². The third-order valence-corrected chi connectivity index (χ3v) is 4.47. The number of amides is 1. The molecule has 0 aliphatic heterocycles. The topological polar surface area (TPSA) is 29.1 Å². The first-order valence-corrected chi connectivity index (χ1v) is 9.07. The molecule has 2 nitrogen and oxygen atoms in total. The first-order chi connectivity index (χ1) is 9.52. The minimum atomic E-state index is -0.0461. The summed E-state index contributed by atoms with van der Waals surface area (Å²) >= 11 is 1.83. The van der Waals surface area contributed by atoms with Crippen LogP contribution < -0.4 is 5.32 Å². The largest absolute Gasteiger partial charge is 0.353 e. The summed E-state index contributed by atoms with van der Waals surface area (Å²) in [6.07, 6.45) is 12.5. The highest BCUT2D eigenvalue weighted by molar-refractivity contribution is 7.98. The lowest BCUT2D eigenvalue weighted by Gasteiger charge is -2.23. The second-order valence-corrected chi connectivity index (χ2v) is 6.83. The van der Waals surface area contributed by atoms with Gasteiger partial charge in [-0.15, -0.1) is 0 Å². The van der Waals surface area contributed by atoms with E-state index >= 15 is 0 Å². The number of nitrogens with one attached hydrogen (secondary N) is 1. The standard InChI is InChI=1S/C17H29NOS/c1-13(10-14(2)12-20-4)11-15(3)17(19)18-16-8-6-5-7-9-16/h10-11,15-16H,5-9,12H2,1-4H3,(H,18,19)/b13-11-,14-10-. The van der Waals surface area contributed by atoms with Gasteiger partial charge in [0.05, 0.1) is 5.92 Å². The van der Waals surface area contributed by atoms with Crippen molar-refractivity contribution in [2.24, 2.45) is 5.92 Å². The van der Waals surface area contributed by atoms with Gasteiger partial charge >= 0.3 is 0 Å². The van der Waals surface area contributed by atoms with Gasteiger partial charge < -0.3 is 5.32 Å². The predicted molar refractivity (Wildman–Crippen MR) is 90.1 cm³/mol. The zero-order chi connectivity index (χ0) is 15.0. The van der Waals surface area contributed by atoms with Gasteiger partial charge in [0.2, 0.25) is 5.91 Å². The van der Waals surface area contributed by atoms with Gasteiger partial charge in [0.15, 0.2) is 0 Å². The number of carbonyl (C=O) groups is 1. The van der Waals surface area contributed by atoms with Gasteiger partial charge in [0, 0.05) is 11.8 Å². The summed E-state index contributed by atoms with van der Waals surface area (Å²) in [6, 6.07) is 0.404. The van der Waals surface area contributed by atoms with Crippen molar-refractivity contribution in [1.82, 2.24) is 5.32 Å². The van der Waals surface area contributed by atoms with Crippen LogP contribution in [0.5, 0.6) is 0 Å². The first-order valence-electron chi connectivity index (χ1n) is 7.68. The molecule has 1 N–H and O–H groups in total. The molecule has 0 spiro atoms. The van der Waals surface area contributed by atoms with Crippen molar-refractivity contribution < 1.29 is 4.79 Å². The number of hydrogen-bond acceptors (Lipinski definition) is 2. The van der Waals surface area contributed by atoms with Crippen molar-refractivity contribution in [3.8, 4) is 0 Å². The monoisotopic (exact) mass is 295 g/mol. The van der Waals surface area contributed by atoms with Gasteiger partial charge in [-0.05, 0) is 32.9 Å². The van der Waals surface area contributed by atoms with Crippen LogP contribution in [0.2, 0.25) is 0 Å². The van der Waals surface area contributed by atoms with Crippen LogP contribution in [-0.2, 0) is 4.79 Å². The molecular formula is C17H29NOS. The Labute approximate surface area is 128 Å². The molecule has 0 aromatic carbocycles. The van der Waals surface area contributed by atoms with E-state index < -0.39 is 0 Å². The highest BCUT2D eigenvalue weighted by Crippen LogP contribution is 2.18. The van der Waals surface area contributed by atoms with E-state index in [2.05, 4.69) is 37.6 Å². The number of rotatable bonds is 6. The Morgan fingerprint density at radius 3 is 2.55 bits per heavy atom. The summed E-state index contributed by atoms with van der Waals surface area (Å²) < 4.78 is 0. The van der Waals surface area contributed by atoms with Crippen molar-refractivity contribution >= 4 is 17.7 Å². The second-order valence-electron chi connectivity index (χ2n) is 5.97. The van der Waals surface area contributed by atoms with Crippen molar-refractivity contribution in [2.45, 2.75) is 58.9 Å². The minimum Gasteiger partial charge on any atom is -0.353 e. The number of thioether (sulfide) groups is 1. The van der Waals surface area contributed by atoms with E-state index in [9.17, 15) is 4.79 Å². The third-order valence-electron chi connectivity index (χ3n) is 3.72. The molecule has 0 heterocycles. The second kappa shape index (κ2) is 9.28. The van der Waals surface area contributed by atoms with Crippen LogP contribution in [-0.4, -0.2) is 24.0 Å². The van der Waals surface area contributed by atoms with Crippen molar-refractivity contribution in [2.75, 3.05) is 12.0 Å². The van der Waals surface area contributed by atoms with Crippen LogP contribution in [0, 0.1) is 5.92 Å². The lowest BCUT2D eigenvalue weighted by molar-refractivity contribution is -0.124. The van der Waals surface area contributed by atoms with Crippen LogP contribution in [0.15, 0.2) is 23.3 Å². The molecule has 1 aliphatic rings. The average molecular weight is 295 g/mol. The van der Waals surface area contributed by atoms with Crippen LogP contribution in [0.25, 0.3) is 0 Å². The Bertz CT molecular complexity index is 367. The molecular weight excluding hydrogens is 266 g/mol. The van der Waals surface area contributed by atoms with Crippen molar-refractivity contribution in [3.05, 3.63) is 23.3 Å². The van der Waals surface area contributed by atoms with Crippen LogP contribution in [0.4, 0.5) is 0 Å². The summed E-state index contributed by atoms with van der Waals surface area (Å²) in [6.45, 7) is 6.20. The Morgan fingerprint density at radius 1 is 1.30 bits per heavy atom. The molecule has 20 heavy (non-hydrogen) atoms. The highest BCUT2D eigenvalue weighted by Gasteiger charge is 2.18. The molecule has 1 saturated carbocycles. The lowest BCUT2D eigenvalue weighted by atomic mass is 9.95. The van der Waals surface area contributed by atoms with Crippen LogP contribution >= 0.6 is 11.8 Å². The van der Waals surface area contributed by atoms with Gasteiger partial charge in [0.25, 0.3) is 0 Å². The Morgan fingerprint density at radius 2 is 1.95 bits per heavy atom. The van der Waals surface area contributed by atoms with E-state index in [0.29, 0.717) is 6.04 Å². The smallest absolute Gasteiger partial charge is 0.226 e. The van der Waals surface area contributed by atoms with E-state index in [4.69, 9.17) is 0 Å². The molecule has 1 atom stereocenters. The fraction of sp³-hybridized carbons (Fsp3) is 0.706. The summed E-state index contributed by atoms with van der Waals surface area (Å²) in [7, 11) is 0. The normalized spacial score (nSPS) is 19.8. The Hall–Kier alpha value is -0.700. The predicted octanol–water partition coefficient (Wildman–Crippen LogP) is 4.33. The van der Waals surface area contributed by atoms with Gasteiger partial charge in [-0.3, -0.25) is 4.79 Å². The Balaban J connectivity index is 2.48. The molecule has 0 radical (unpaired) electrons. The first kappa shape index (κ1) is 17.4. The number of carbonyl (C=O) groups excluding carboxylic acids is 1. The molecule has 0 aromatic rings. The van der Waals surface area contributed by atoms with Crippen LogP contribution in [0.3, 0.4) is 0 Å². The van der Waals surface area contributed by atoms with E-state index in [1.54, 1.807) is 0 Å². The number of hydrogen-bond donors (Lipinski definition) is 1. The SMILES string of the molecule is CSC/C(C)=C\C(C)=C/C(C)C(=O)NC1CCCCC1. The third kappa shape index (κ3) is 6.65. The van der Waals surface area contributed by atoms with E-state index in [1.165, 1.54) is 30.4 Å². The molecule has 1 unspecified atom stereocenters. The maximum absolute atomic E-state index is 12.2. The van der Waals surface area contributed by atoms with Crippen LogP contribution in [0.1, 0.15) is 52.9 Å². The van der Waals surface area contributed by atoms with Gasteiger partial charge in [-0.25, -0.2) is 0 Å². The molecule has 3 heteroatoms. The minimum absolute atomic E-state index is 0.0461. The molecule has 1 aliphatic carbocycles. The zero-order valence-corrected chi connectivity index (χ0v) is 14.2. The van der Waals surface area contributed by atoms with Gasteiger partial charge in [0.1, 0.15) is 0 Å². The van der Waals surface area contributed by atoms with E-state index in [-0.39, 0.29) is 11.8 Å². The lowest BCUT2D eigenvalue weighted by Crippen LogP contribution is -2.38. The zero-order valence-electron chi connectivity index (χ0n) is 13.4. The quantitative estimate of drug-likeness (QED) is 0.739. The fourth-order valence-corrected chi connectivity index (χ4v) is 3.29. The molecule has 1 fully saturated rings. The molecule has 0 saturated heterocycles. The molecule has 114 valence electrons. The maximum Gasteiger partial charge on any atom is 0.226 e. The number of allylic oxidation sites excluding steroid dienone is 2. The molecule has 1 amide bonds. The summed E-state index contributed by atoms with van der Waals surface area (Å²) in [5.74, 6) is 1.18. The molecule has 0 aromatic heterocycles. The highest BCUT2D eigenvalue weighted by atomic mass is 32.2. The van der Waals surface area contributed by atoms with E-state index in [1.807, 2.05) is 18.7 Å². The summed E-state index contributed by atoms with van der Waals surface area (Å²) in [5.41, 5.74) is 2.54. The average Bonchev–Trinajstić information content (AvgIpc) is 2.39. The molecule has 1 rings (SSSR count). The fourth-order valence-electron chi connectivity index (χ4n) is 2.76. The Kier molecular flexibility index (Phi) is 8.05. The summed E-state index contributed by atoms with van der Waals surface area (Å²) in [4.78, 5) is 12.2. The summed E-state index contributed by atoms with van der Waals surface area (Å²) in [5, 5.41) is 3.19. The van der Waals surface area contributed by atoms with Crippen molar-refractivity contribution in [3.63, 3.8) is 0 Å². The van der Waals surface area contributed by atoms with E-state index in [0.717, 1.165) is 18.6 Å². The van der Waals surface area contributed by atoms with Gasteiger partial charge in [-0.1, -0.05) is 49.5 Å².